The number of aliphatic hydroxyl groups excluding tert-OH is 1. The Morgan fingerprint density at radius 3 is 2.77 bits per heavy atom. The van der Waals surface area contributed by atoms with Crippen LogP contribution in [0.4, 0.5) is 5.95 Å². The van der Waals surface area contributed by atoms with Gasteiger partial charge in [-0.15, -0.1) is 0 Å². The number of carbonyl (C=O) groups is 1. The van der Waals surface area contributed by atoms with Crippen LogP contribution in [0.25, 0.3) is 11.3 Å². The molecule has 8 heteroatoms. The van der Waals surface area contributed by atoms with Gasteiger partial charge >= 0.3 is 0 Å². The molecule has 0 aliphatic rings. The van der Waals surface area contributed by atoms with Gasteiger partial charge in [0.1, 0.15) is 5.69 Å². The van der Waals surface area contributed by atoms with Crippen molar-refractivity contribution in [2.45, 2.75) is 25.9 Å². The number of amides is 1. The number of aliphatic hydroxyl groups is 1. The Hall–Kier alpha value is -3.23. The third kappa shape index (κ3) is 5.22. The van der Waals surface area contributed by atoms with Crippen molar-refractivity contribution in [3.05, 3.63) is 65.6 Å². The number of nitrogens with one attached hydrogen (secondary N) is 3. The van der Waals surface area contributed by atoms with Crippen LogP contribution in [0.2, 0.25) is 0 Å². The molecule has 2 aromatic heterocycles. The lowest BCUT2D eigenvalue weighted by atomic mass is 10.1. The first-order valence-electron chi connectivity index (χ1n) is 9.76. The molecular weight excluding hydrogens is 382 g/mol. The fraction of sp³-hybridized carbons (Fsp3) is 0.318. The second-order valence-electron chi connectivity index (χ2n) is 7.15. The summed E-state index contributed by atoms with van der Waals surface area (Å²) in [6.45, 7) is 4.24. The number of H-pyrrole nitrogens is 1. The summed E-state index contributed by atoms with van der Waals surface area (Å²) in [6, 6.07) is 10.7. The maximum Gasteiger partial charge on any atom is 0.268 e. The Labute approximate surface area is 175 Å². The van der Waals surface area contributed by atoms with Gasteiger partial charge in [0.25, 0.3) is 5.91 Å². The SMILES string of the molecule is COC[C@H](C)Nc1ncc(C)c(-c2c[nH]c(C(=O)N[C@H](CO)c3ccccc3)c2)n1. The molecule has 0 aliphatic heterocycles. The van der Waals surface area contributed by atoms with Crippen LogP contribution in [-0.2, 0) is 4.74 Å². The van der Waals surface area contributed by atoms with Crippen LogP contribution < -0.4 is 10.6 Å². The summed E-state index contributed by atoms with van der Waals surface area (Å²) in [7, 11) is 1.64. The highest BCUT2D eigenvalue weighted by Crippen LogP contribution is 2.23. The minimum Gasteiger partial charge on any atom is -0.394 e. The first-order chi connectivity index (χ1) is 14.5. The number of aromatic nitrogens is 3. The Kier molecular flexibility index (Phi) is 7.16. The predicted octanol–water partition coefficient (Wildman–Crippen LogP) is 2.69. The standard InChI is InChI=1S/C22H27N5O3/c1-14-10-24-22(25-15(2)13-30-3)27-20(14)17-9-18(23-11-17)21(29)26-19(12-28)16-7-5-4-6-8-16/h4-11,15,19,23,28H,12-13H2,1-3H3,(H,26,29)(H,24,25,27)/t15-,19+/m0/s1. The number of ether oxygens (including phenoxy) is 1. The quantitative estimate of drug-likeness (QED) is 0.432. The summed E-state index contributed by atoms with van der Waals surface area (Å²) >= 11 is 0. The molecule has 0 unspecified atom stereocenters. The maximum absolute atomic E-state index is 12.7. The van der Waals surface area contributed by atoms with Crippen molar-refractivity contribution in [3.63, 3.8) is 0 Å². The van der Waals surface area contributed by atoms with Crippen molar-refractivity contribution >= 4 is 11.9 Å². The van der Waals surface area contributed by atoms with Crippen molar-refractivity contribution in [1.29, 1.82) is 0 Å². The number of methoxy groups -OCH3 is 1. The van der Waals surface area contributed by atoms with Crippen molar-refractivity contribution in [2.75, 3.05) is 25.6 Å². The zero-order valence-corrected chi connectivity index (χ0v) is 17.3. The molecule has 1 amide bonds. The highest BCUT2D eigenvalue weighted by atomic mass is 16.5. The number of benzene rings is 1. The molecule has 3 rings (SSSR count). The van der Waals surface area contributed by atoms with E-state index >= 15 is 0 Å². The number of carbonyl (C=O) groups excluding carboxylic acids is 1. The molecule has 158 valence electrons. The summed E-state index contributed by atoms with van der Waals surface area (Å²) in [5.74, 6) is 0.194. The minimum absolute atomic E-state index is 0.0616. The van der Waals surface area contributed by atoms with E-state index in [9.17, 15) is 9.90 Å². The van der Waals surface area contributed by atoms with E-state index in [0.29, 0.717) is 18.2 Å². The summed E-state index contributed by atoms with van der Waals surface area (Å²) in [6.07, 6.45) is 3.48. The van der Waals surface area contributed by atoms with Crippen molar-refractivity contribution in [3.8, 4) is 11.3 Å². The van der Waals surface area contributed by atoms with Gasteiger partial charge in [0.05, 0.1) is 24.9 Å². The van der Waals surface area contributed by atoms with Crippen LogP contribution in [0.5, 0.6) is 0 Å². The highest BCUT2D eigenvalue weighted by Gasteiger charge is 2.17. The summed E-state index contributed by atoms with van der Waals surface area (Å²) in [5.41, 5.74) is 3.63. The predicted molar refractivity (Wildman–Crippen MR) is 115 cm³/mol. The van der Waals surface area contributed by atoms with Crippen LogP contribution in [0, 0.1) is 6.92 Å². The first kappa shape index (κ1) is 21.5. The van der Waals surface area contributed by atoms with Crippen LogP contribution in [-0.4, -0.2) is 52.3 Å². The molecule has 4 N–H and O–H groups in total. The van der Waals surface area contributed by atoms with Gasteiger partial charge in [-0.3, -0.25) is 4.79 Å². The smallest absolute Gasteiger partial charge is 0.268 e. The second kappa shape index (κ2) is 10.00. The first-order valence-corrected chi connectivity index (χ1v) is 9.76. The van der Waals surface area contributed by atoms with Crippen LogP contribution in [0.15, 0.2) is 48.8 Å². The highest BCUT2D eigenvalue weighted by molar-refractivity contribution is 5.94. The fourth-order valence-electron chi connectivity index (χ4n) is 3.13. The molecule has 0 bridgehead atoms. The van der Waals surface area contributed by atoms with Gasteiger partial charge in [-0.1, -0.05) is 30.3 Å². The minimum atomic E-state index is -0.482. The largest absolute Gasteiger partial charge is 0.394 e. The molecule has 0 fully saturated rings. The zero-order valence-electron chi connectivity index (χ0n) is 17.3. The van der Waals surface area contributed by atoms with Crippen molar-refractivity contribution in [1.82, 2.24) is 20.3 Å². The molecule has 0 saturated carbocycles. The van der Waals surface area contributed by atoms with E-state index < -0.39 is 6.04 Å². The second-order valence-corrected chi connectivity index (χ2v) is 7.15. The number of anilines is 1. The molecule has 2 atom stereocenters. The average Bonchev–Trinajstić information content (AvgIpc) is 3.24. The van der Waals surface area contributed by atoms with E-state index in [1.54, 1.807) is 25.6 Å². The molecule has 0 saturated heterocycles. The van der Waals surface area contributed by atoms with Gasteiger partial charge < -0.3 is 25.5 Å². The number of hydrogen-bond acceptors (Lipinski definition) is 6. The number of aryl methyl sites for hydroxylation is 1. The van der Waals surface area contributed by atoms with Gasteiger partial charge in [-0.2, -0.15) is 0 Å². The van der Waals surface area contributed by atoms with Gasteiger partial charge in [-0.05, 0) is 31.0 Å². The van der Waals surface area contributed by atoms with Gasteiger partial charge in [-0.25, -0.2) is 9.97 Å². The molecule has 3 aromatic rings. The third-order valence-corrected chi connectivity index (χ3v) is 4.65. The summed E-state index contributed by atoms with van der Waals surface area (Å²) in [4.78, 5) is 24.6. The van der Waals surface area contributed by atoms with Crippen LogP contribution >= 0.6 is 0 Å². The summed E-state index contributed by atoms with van der Waals surface area (Å²) in [5, 5.41) is 15.7. The number of nitrogens with zero attached hydrogens (tertiary/aromatic N) is 2. The Balaban J connectivity index is 1.76. The number of rotatable bonds is 9. The normalized spacial score (nSPS) is 12.9. The maximum atomic E-state index is 12.7. The lowest BCUT2D eigenvalue weighted by molar-refractivity contribution is 0.0912. The Morgan fingerprint density at radius 2 is 2.07 bits per heavy atom. The molecule has 0 spiro atoms. The molecular formula is C22H27N5O3. The number of aromatic amines is 1. The lowest BCUT2D eigenvalue weighted by Gasteiger charge is -2.16. The Bertz CT molecular complexity index is 974. The molecule has 8 nitrogen and oxygen atoms in total. The zero-order chi connectivity index (χ0) is 21.5. The van der Waals surface area contributed by atoms with E-state index in [4.69, 9.17) is 4.74 Å². The summed E-state index contributed by atoms with van der Waals surface area (Å²) < 4.78 is 5.13. The third-order valence-electron chi connectivity index (χ3n) is 4.65. The van der Waals surface area contributed by atoms with E-state index in [-0.39, 0.29) is 18.6 Å². The number of hydrogen-bond donors (Lipinski definition) is 4. The molecule has 1 aromatic carbocycles. The monoisotopic (exact) mass is 409 g/mol. The van der Waals surface area contributed by atoms with Crippen molar-refractivity contribution < 1.29 is 14.6 Å². The topological polar surface area (TPSA) is 112 Å². The van der Waals surface area contributed by atoms with E-state index in [2.05, 4.69) is 25.6 Å². The fourth-order valence-corrected chi connectivity index (χ4v) is 3.13. The van der Waals surface area contributed by atoms with E-state index in [1.807, 2.05) is 44.2 Å². The molecule has 2 heterocycles. The van der Waals surface area contributed by atoms with Crippen LogP contribution in [0.1, 0.15) is 34.6 Å². The molecule has 0 radical (unpaired) electrons. The average molecular weight is 409 g/mol. The van der Waals surface area contributed by atoms with Crippen LogP contribution in [0.3, 0.4) is 0 Å². The lowest BCUT2D eigenvalue weighted by Crippen LogP contribution is -2.30. The van der Waals surface area contributed by atoms with Gasteiger partial charge in [0, 0.05) is 31.1 Å². The molecule has 0 aliphatic carbocycles. The van der Waals surface area contributed by atoms with Gasteiger partial charge in [0.15, 0.2) is 0 Å². The van der Waals surface area contributed by atoms with E-state index in [0.717, 1.165) is 22.4 Å². The van der Waals surface area contributed by atoms with Gasteiger partial charge in [0.2, 0.25) is 5.95 Å². The van der Waals surface area contributed by atoms with E-state index in [1.165, 1.54) is 0 Å². The molecule has 30 heavy (non-hydrogen) atoms. The Morgan fingerprint density at radius 1 is 1.30 bits per heavy atom. The van der Waals surface area contributed by atoms with Crippen molar-refractivity contribution in [2.24, 2.45) is 0 Å².